The highest BCUT2D eigenvalue weighted by Crippen LogP contribution is 2.36. The van der Waals surface area contributed by atoms with Gasteiger partial charge in [0.05, 0.1) is 16.2 Å². The molecule has 2 aromatic carbocycles. The second-order valence-corrected chi connectivity index (χ2v) is 6.60. The van der Waals surface area contributed by atoms with Crippen molar-refractivity contribution in [1.82, 2.24) is 0 Å². The molecule has 0 aromatic heterocycles. The topological polar surface area (TPSA) is 57.6 Å². The first kappa shape index (κ1) is 16.4. The third-order valence-corrected chi connectivity index (χ3v) is 4.61. The van der Waals surface area contributed by atoms with Crippen LogP contribution in [0.1, 0.15) is 15.9 Å². The fourth-order valence-corrected chi connectivity index (χ4v) is 3.49. The minimum absolute atomic E-state index is 0.137. The van der Waals surface area contributed by atoms with E-state index in [-0.39, 0.29) is 11.5 Å². The average Bonchev–Trinajstić information content (AvgIpc) is 2.83. The Morgan fingerprint density at radius 1 is 1.21 bits per heavy atom. The van der Waals surface area contributed by atoms with Crippen LogP contribution in [0.4, 0.5) is 10.1 Å². The number of halogens is 1. The maximum atomic E-state index is 13.0. The molecule has 1 saturated heterocycles. The van der Waals surface area contributed by atoms with Gasteiger partial charge in [0.1, 0.15) is 5.82 Å². The van der Waals surface area contributed by atoms with E-state index in [4.69, 9.17) is 17.3 Å². The summed E-state index contributed by atoms with van der Waals surface area (Å²) in [5.74, 6) is -1.76. The summed E-state index contributed by atoms with van der Waals surface area (Å²) in [6.45, 7) is 0. The van der Waals surface area contributed by atoms with E-state index in [0.717, 1.165) is 11.8 Å². The molecule has 0 radical (unpaired) electrons. The number of hydrogen-bond acceptors (Lipinski definition) is 4. The number of nitrogens with zero attached hydrogens (tertiary/aromatic N) is 1. The van der Waals surface area contributed by atoms with E-state index in [9.17, 15) is 14.0 Å². The Balaban J connectivity index is 1.92. The molecule has 1 amide bonds. The van der Waals surface area contributed by atoms with Gasteiger partial charge in [0, 0.05) is 0 Å². The molecule has 7 heteroatoms. The fraction of sp³-hybridized carbons (Fsp3) is 0. The lowest BCUT2D eigenvalue weighted by molar-refractivity contribution is -0.113. The molecule has 0 unspecified atom stereocenters. The van der Waals surface area contributed by atoms with Crippen LogP contribution in [0.3, 0.4) is 0 Å². The molecule has 3 rings (SSSR count). The number of hydrogen-bond donors (Lipinski definition) is 1. The highest BCUT2D eigenvalue weighted by atomic mass is 32.2. The van der Waals surface area contributed by atoms with Crippen LogP contribution >= 0.6 is 24.0 Å². The van der Waals surface area contributed by atoms with Crippen LogP contribution in [0, 0.1) is 5.82 Å². The summed E-state index contributed by atoms with van der Waals surface area (Å²) < 4.78 is 13.4. The van der Waals surface area contributed by atoms with Gasteiger partial charge in [-0.05, 0) is 48.0 Å². The largest absolute Gasteiger partial charge is 0.478 e. The van der Waals surface area contributed by atoms with Gasteiger partial charge in [-0.1, -0.05) is 36.1 Å². The normalized spacial score (nSPS) is 16.0. The van der Waals surface area contributed by atoms with Gasteiger partial charge < -0.3 is 5.11 Å². The van der Waals surface area contributed by atoms with Gasteiger partial charge in [0.15, 0.2) is 4.32 Å². The molecule has 1 aliphatic rings. The number of aromatic carboxylic acids is 1. The van der Waals surface area contributed by atoms with Crippen molar-refractivity contribution in [3.63, 3.8) is 0 Å². The Kier molecular flexibility index (Phi) is 4.46. The predicted molar refractivity (Wildman–Crippen MR) is 95.5 cm³/mol. The van der Waals surface area contributed by atoms with Crippen molar-refractivity contribution in [2.75, 3.05) is 4.90 Å². The Hall–Kier alpha value is -2.51. The Morgan fingerprint density at radius 3 is 2.58 bits per heavy atom. The zero-order valence-corrected chi connectivity index (χ0v) is 13.7. The summed E-state index contributed by atoms with van der Waals surface area (Å²) in [5, 5.41) is 9.02. The van der Waals surface area contributed by atoms with E-state index in [2.05, 4.69) is 0 Å². The molecule has 0 aliphatic carbocycles. The maximum absolute atomic E-state index is 13.0. The van der Waals surface area contributed by atoms with Gasteiger partial charge in [-0.2, -0.15) is 0 Å². The van der Waals surface area contributed by atoms with Gasteiger partial charge in [0.2, 0.25) is 0 Å². The van der Waals surface area contributed by atoms with E-state index in [1.54, 1.807) is 18.2 Å². The summed E-state index contributed by atoms with van der Waals surface area (Å²) in [6, 6.07) is 11.7. The number of carbonyl (C=O) groups excluding carboxylic acids is 1. The molecule has 1 fully saturated rings. The number of amides is 1. The second kappa shape index (κ2) is 6.54. The van der Waals surface area contributed by atoms with Gasteiger partial charge >= 0.3 is 5.97 Å². The van der Waals surface area contributed by atoms with E-state index in [1.165, 1.54) is 41.3 Å². The zero-order chi connectivity index (χ0) is 17.3. The highest BCUT2D eigenvalue weighted by Gasteiger charge is 2.33. The Morgan fingerprint density at radius 2 is 1.92 bits per heavy atom. The third-order valence-electron chi connectivity index (χ3n) is 3.31. The minimum atomic E-state index is -1.04. The molecule has 2 aromatic rings. The van der Waals surface area contributed by atoms with Crippen LogP contribution in [0.5, 0.6) is 0 Å². The van der Waals surface area contributed by atoms with E-state index in [1.807, 2.05) is 0 Å². The molecular formula is C17H10FNO3S2. The zero-order valence-electron chi connectivity index (χ0n) is 12.1. The lowest BCUT2D eigenvalue weighted by Crippen LogP contribution is -2.27. The molecule has 24 heavy (non-hydrogen) atoms. The number of anilines is 1. The first-order valence-corrected chi connectivity index (χ1v) is 8.05. The first-order valence-electron chi connectivity index (χ1n) is 6.82. The number of benzene rings is 2. The summed E-state index contributed by atoms with van der Waals surface area (Å²) in [6.07, 6.45) is 1.59. The van der Waals surface area contributed by atoms with E-state index in [0.29, 0.717) is 20.5 Å². The number of thiocarbonyl (C=S) groups is 1. The molecule has 1 N–H and O–H groups in total. The van der Waals surface area contributed by atoms with Crippen LogP contribution < -0.4 is 4.90 Å². The summed E-state index contributed by atoms with van der Waals surface area (Å²) in [5.41, 5.74) is 1.22. The molecule has 0 bridgehead atoms. The standard InChI is InChI=1S/C17H10FNO3S2/c18-12-4-6-13(7-5-12)19-15(20)14(24-17(19)23)9-10-2-1-3-11(8-10)16(21)22/h1-9H,(H,21,22)/b14-9+. The second-order valence-electron chi connectivity index (χ2n) is 4.92. The van der Waals surface area contributed by atoms with Crippen LogP contribution in [0.2, 0.25) is 0 Å². The van der Waals surface area contributed by atoms with Crippen molar-refractivity contribution in [2.24, 2.45) is 0 Å². The van der Waals surface area contributed by atoms with Crippen LogP contribution in [0.15, 0.2) is 53.4 Å². The van der Waals surface area contributed by atoms with Crippen LogP contribution in [-0.2, 0) is 4.79 Å². The van der Waals surface area contributed by atoms with Gasteiger partial charge in [-0.25, -0.2) is 9.18 Å². The average molecular weight is 359 g/mol. The van der Waals surface area contributed by atoms with Gasteiger partial charge in [-0.3, -0.25) is 9.69 Å². The lowest BCUT2D eigenvalue weighted by Gasteiger charge is -2.14. The molecule has 0 atom stereocenters. The molecule has 0 saturated carbocycles. The Bertz CT molecular complexity index is 878. The fourth-order valence-electron chi connectivity index (χ4n) is 2.19. The van der Waals surface area contributed by atoms with Crippen LogP contribution in [-0.4, -0.2) is 21.3 Å². The van der Waals surface area contributed by atoms with Crippen molar-refractivity contribution >= 4 is 51.9 Å². The monoisotopic (exact) mass is 359 g/mol. The maximum Gasteiger partial charge on any atom is 0.335 e. The number of carbonyl (C=O) groups is 2. The van der Waals surface area contributed by atoms with Gasteiger partial charge in [0.25, 0.3) is 5.91 Å². The number of thioether (sulfide) groups is 1. The summed E-state index contributed by atoms with van der Waals surface area (Å²) in [7, 11) is 0. The summed E-state index contributed by atoms with van der Waals surface area (Å²) >= 11 is 6.35. The molecule has 4 nitrogen and oxygen atoms in total. The lowest BCUT2D eigenvalue weighted by atomic mass is 10.1. The van der Waals surface area contributed by atoms with E-state index < -0.39 is 11.8 Å². The van der Waals surface area contributed by atoms with E-state index >= 15 is 0 Å². The minimum Gasteiger partial charge on any atom is -0.478 e. The smallest absolute Gasteiger partial charge is 0.335 e. The van der Waals surface area contributed by atoms with Crippen molar-refractivity contribution < 1.29 is 19.1 Å². The van der Waals surface area contributed by atoms with Crippen molar-refractivity contribution in [1.29, 1.82) is 0 Å². The number of carboxylic acid groups (broad SMARTS) is 1. The highest BCUT2D eigenvalue weighted by molar-refractivity contribution is 8.27. The SMILES string of the molecule is O=C(O)c1cccc(/C=C2/SC(=S)N(c3ccc(F)cc3)C2=O)c1. The van der Waals surface area contributed by atoms with Crippen molar-refractivity contribution in [2.45, 2.75) is 0 Å². The predicted octanol–water partition coefficient (Wildman–Crippen LogP) is 3.93. The molecule has 0 spiro atoms. The first-order chi connectivity index (χ1) is 11.5. The van der Waals surface area contributed by atoms with Crippen LogP contribution in [0.25, 0.3) is 6.08 Å². The quantitative estimate of drug-likeness (QED) is 0.665. The molecule has 1 aliphatic heterocycles. The summed E-state index contributed by atoms with van der Waals surface area (Å²) in [4.78, 5) is 25.3. The van der Waals surface area contributed by atoms with Crippen molar-refractivity contribution in [3.8, 4) is 0 Å². The van der Waals surface area contributed by atoms with Crippen molar-refractivity contribution in [3.05, 3.63) is 70.4 Å². The Labute approximate surface area is 146 Å². The number of carboxylic acids is 1. The molecule has 1 heterocycles. The molecule has 120 valence electrons. The number of rotatable bonds is 3. The van der Waals surface area contributed by atoms with Gasteiger partial charge in [-0.15, -0.1) is 0 Å². The molecular weight excluding hydrogens is 349 g/mol. The third kappa shape index (κ3) is 3.22.